The third-order valence-corrected chi connectivity index (χ3v) is 3.23. The van der Waals surface area contributed by atoms with E-state index >= 15 is 0 Å². The van der Waals surface area contributed by atoms with Crippen LogP contribution in [0.25, 0.3) is 6.08 Å². The Morgan fingerprint density at radius 1 is 1.12 bits per heavy atom. The highest BCUT2D eigenvalue weighted by molar-refractivity contribution is 6.02. The zero-order chi connectivity index (χ0) is 17.4. The van der Waals surface area contributed by atoms with Gasteiger partial charge in [0.05, 0.1) is 13.7 Å². The highest BCUT2D eigenvalue weighted by Gasteiger charge is 2.01. The molecule has 0 fully saturated rings. The van der Waals surface area contributed by atoms with Gasteiger partial charge >= 0.3 is 0 Å². The summed E-state index contributed by atoms with van der Waals surface area (Å²) in [5.41, 5.74) is 1.64. The molecule has 4 nitrogen and oxygen atoms in total. The smallest absolute Gasteiger partial charge is 0.248 e. The van der Waals surface area contributed by atoms with Crippen LogP contribution in [-0.4, -0.2) is 19.6 Å². The van der Waals surface area contributed by atoms with Gasteiger partial charge < -0.3 is 14.8 Å². The van der Waals surface area contributed by atoms with Crippen LogP contribution in [0.4, 0.5) is 5.69 Å². The van der Waals surface area contributed by atoms with Gasteiger partial charge in [-0.15, -0.1) is 0 Å². The van der Waals surface area contributed by atoms with Crippen molar-refractivity contribution in [2.75, 3.05) is 19.0 Å². The Bertz CT molecular complexity index is 690. The van der Waals surface area contributed by atoms with Gasteiger partial charge in [-0.25, -0.2) is 0 Å². The molecule has 0 bridgehead atoms. The van der Waals surface area contributed by atoms with Gasteiger partial charge in [-0.05, 0) is 41.8 Å². The second-order valence-corrected chi connectivity index (χ2v) is 5.83. The number of ether oxygens (including phenoxy) is 2. The lowest BCUT2D eigenvalue weighted by molar-refractivity contribution is -0.111. The van der Waals surface area contributed by atoms with Crippen LogP contribution in [0.2, 0.25) is 0 Å². The van der Waals surface area contributed by atoms with E-state index in [2.05, 4.69) is 19.2 Å². The fourth-order valence-corrected chi connectivity index (χ4v) is 2.00. The van der Waals surface area contributed by atoms with Gasteiger partial charge in [-0.1, -0.05) is 32.0 Å². The maximum Gasteiger partial charge on any atom is 0.248 e. The monoisotopic (exact) mass is 325 g/mol. The fourth-order valence-electron chi connectivity index (χ4n) is 2.00. The minimum absolute atomic E-state index is 0.188. The molecule has 0 radical (unpaired) electrons. The molecule has 0 spiro atoms. The van der Waals surface area contributed by atoms with Gasteiger partial charge in [0.15, 0.2) is 0 Å². The molecule has 0 aliphatic carbocycles. The number of nitrogens with one attached hydrogen (secondary N) is 1. The zero-order valence-electron chi connectivity index (χ0n) is 14.3. The van der Waals surface area contributed by atoms with Crippen LogP contribution in [0.1, 0.15) is 19.4 Å². The number of anilines is 1. The molecule has 4 heteroatoms. The minimum Gasteiger partial charge on any atom is -0.497 e. The van der Waals surface area contributed by atoms with Crippen molar-refractivity contribution in [2.45, 2.75) is 13.8 Å². The summed E-state index contributed by atoms with van der Waals surface area (Å²) < 4.78 is 10.8. The summed E-state index contributed by atoms with van der Waals surface area (Å²) >= 11 is 0. The van der Waals surface area contributed by atoms with E-state index in [1.54, 1.807) is 13.2 Å². The Hall–Kier alpha value is -2.75. The summed E-state index contributed by atoms with van der Waals surface area (Å²) in [6.45, 7) is 4.83. The summed E-state index contributed by atoms with van der Waals surface area (Å²) in [6.07, 6.45) is 3.26. The lowest BCUT2D eigenvalue weighted by Crippen LogP contribution is -2.08. The SMILES string of the molecule is COc1ccc(/C=C/C(=O)Nc2cccc(OCC(C)C)c2)cc1. The van der Waals surface area contributed by atoms with E-state index < -0.39 is 0 Å². The molecule has 1 amide bonds. The molecule has 0 aromatic heterocycles. The fraction of sp³-hybridized carbons (Fsp3) is 0.250. The number of carbonyl (C=O) groups excluding carboxylic acids is 1. The van der Waals surface area contributed by atoms with Crippen LogP contribution in [0, 0.1) is 5.92 Å². The van der Waals surface area contributed by atoms with Crippen LogP contribution >= 0.6 is 0 Å². The molecule has 24 heavy (non-hydrogen) atoms. The van der Waals surface area contributed by atoms with Gasteiger partial charge in [0.2, 0.25) is 5.91 Å². The molecule has 0 aliphatic heterocycles. The number of benzene rings is 2. The molecule has 2 aromatic rings. The average molecular weight is 325 g/mol. The number of carbonyl (C=O) groups is 1. The quantitative estimate of drug-likeness (QED) is 0.768. The Balaban J connectivity index is 1.93. The van der Waals surface area contributed by atoms with Crippen LogP contribution in [0.5, 0.6) is 11.5 Å². The van der Waals surface area contributed by atoms with Crippen molar-refractivity contribution in [3.05, 3.63) is 60.2 Å². The third-order valence-electron chi connectivity index (χ3n) is 3.23. The van der Waals surface area contributed by atoms with Crippen molar-refractivity contribution >= 4 is 17.7 Å². The van der Waals surface area contributed by atoms with Gasteiger partial charge in [0.1, 0.15) is 11.5 Å². The Morgan fingerprint density at radius 3 is 2.54 bits per heavy atom. The summed E-state index contributed by atoms with van der Waals surface area (Å²) in [5, 5.41) is 2.83. The van der Waals surface area contributed by atoms with E-state index in [0.717, 1.165) is 17.1 Å². The molecule has 1 N–H and O–H groups in total. The molecular formula is C20H23NO3. The van der Waals surface area contributed by atoms with Crippen LogP contribution in [0.15, 0.2) is 54.6 Å². The summed E-state index contributed by atoms with van der Waals surface area (Å²) in [4.78, 5) is 12.0. The zero-order valence-corrected chi connectivity index (χ0v) is 14.3. The Kier molecular flexibility index (Phi) is 6.43. The standard InChI is InChI=1S/C20H23NO3/c1-15(2)14-24-19-6-4-5-17(13-19)21-20(22)12-9-16-7-10-18(23-3)11-8-16/h4-13,15H,14H2,1-3H3,(H,21,22)/b12-9+. The van der Waals surface area contributed by atoms with Crippen LogP contribution < -0.4 is 14.8 Å². The summed E-state index contributed by atoms with van der Waals surface area (Å²) in [5.74, 6) is 1.80. The normalized spacial score (nSPS) is 10.8. The van der Waals surface area contributed by atoms with E-state index in [9.17, 15) is 4.79 Å². The molecule has 0 unspecified atom stereocenters. The van der Waals surface area contributed by atoms with E-state index in [-0.39, 0.29) is 5.91 Å². The second-order valence-electron chi connectivity index (χ2n) is 5.83. The van der Waals surface area contributed by atoms with Crippen molar-refractivity contribution < 1.29 is 14.3 Å². The lowest BCUT2D eigenvalue weighted by atomic mass is 10.2. The highest BCUT2D eigenvalue weighted by atomic mass is 16.5. The number of methoxy groups -OCH3 is 1. The first-order valence-corrected chi connectivity index (χ1v) is 7.93. The summed E-state index contributed by atoms with van der Waals surface area (Å²) in [6, 6.07) is 14.9. The minimum atomic E-state index is -0.188. The molecule has 2 rings (SSSR count). The lowest BCUT2D eigenvalue weighted by Gasteiger charge is -2.10. The van der Waals surface area contributed by atoms with Crippen molar-refractivity contribution in [1.82, 2.24) is 0 Å². The Labute approximate surface area is 143 Å². The molecule has 0 atom stereocenters. The number of hydrogen-bond acceptors (Lipinski definition) is 3. The molecular weight excluding hydrogens is 302 g/mol. The molecule has 0 saturated heterocycles. The first kappa shape index (κ1) is 17.6. The van der Waals surface area contributed by atoms with Crippen molar-refractivity contribution in [3.63, 3.8) is 0 Å². The highest BCUT2D eigenvalue weighted by Crippen LogP contribution is 2.18. The maximum atomic E-state index is 12.0. The topological polar surface area (TPSA) is 47.6 Å². The largest absolute Gasteiger partial charge is 0.497 e. The number of rotatable bonds is 7. The van der Waals surface area contributed by atoms with E-state index in [1.165, 1.54) is 6.08 Å². The van der Waals surface area contributed by atoms with E-state index in [1.807, 2.05) is 48.5 Å². The molecule has 126 valence electrons. The maximum absolute atomic E-state index is 12.0. The van der Waals surface area contributed by atoms with Crippen molar-refractivity contribution in [3.8, 4) is 11.5 Å². The van der Waals surface area contributed by atoms with Crippen molar-refractivity contribution in [2.24, 2.45) is 5.92 Å². The number of hydrogen-bond donors (Lipinski definition) is 1. The average Bonchev–Trinajstić information content (AvgIpc) is 2.59. The molecule has 0 aliphatic rings. The second kappa shape index (κ2) is 8.77. The van der Waals surface area contributed by atoms with Crippen LogP contribution in [-0.2, 0) is 4.79 Å². The molecule has 0 heterocycles. The number of amides is 1. The van der Waals surface area contributed by atoms with Crippen LogP contribution in [0.3, 0.4) is 0 Å². The molecule has 2 aromatic carbocycles. The van der Waals surface area contributed by atoms with Gasteiger partial charge in [0, 0.05) is 17.8 Å². The Morgan fingerprint density at radius 2 is 1.88 bits per heavy atom. The van der Waals surface area contributed by atoms with Gasteiger partial charge in [-0.3, -0.25) is 4.79 Å². The predicted molar refractivity (Wildman–Crippen MR) is 97.4 cm³/mol. The van der Waals surface area contributed by atoms with E-state index in [4.69, 9.17) is 9.47 Å². The van der Waals surface area contributed by atoms with E-state index in [0.29, 0.717) is 18.2 Å². The first-order chi connectivity index (χ1) is 11.6. The van der Waals surface area contributed by atoms with Gasteiger partial charge in [-0.2, -0.15) is 0 Å². The summed E-state index contributed by atoms with van der Waals surface area (Å²) in [7, 11) is 1.62. The first-order valence-electron chi connectivity index (χ1n) is 7.93. The van der Waals surface area contributed by atoms with Gasteiger partial charge in [0.25, 0.3) is 0 Å². The third kappa shape index (κ3) is 5.80. The molecule has 0 saturated carbocycles. The van der Waals surface area contributed by atoms with Crippen molar-refractivity contribution in [1.29, 1.82) is 0 Å². The predicted octanol–water partition coefficient (Wildman–Crippen LogP) is 4.38.